The number of aromatic nitrogens is 1. The molecule has 0 saturated carbocycles. The molecule has 3 heterocycles. The highest BCUT2D eigenvalue weighted by molar-refractivity contribution is 9.11. The molecule has 6 heteroatoms. The lowest BCUT2D eigenvalue weighted by atomic mass is 10.1. The Labute approximate surface area is 149 Å². The van der Waals surface area contributed by atoms with E-state index in [4.69, 9.17) is 0 Å². The summed E-state index contributed by atoms with van der Waals surface area (Å²) in [5, 5.41) is 0. The quantitative estimate of drug-likeness (QED) is 0.782. The van der Waals surface area contributed by atoms with Crippen LogP contribution in [0.4, 0.5) is 0 Å². The van der Waals surface area contributed by atoms with Gasteiger partial charge in [-0.25, -0.2) is 0 Å². The van der Waals surface area contributed by atoms with Gasteiger partial charge in [0.2, 0.25) is 5.91 Å². The maximum absolute atomic E-state index is 12.3. The van der Waals surface area contributed by atoms with E-state index in [1.807, 2.05) is 23.2 Å². The number of hydrogen-bond donors (Lipinski definition) is 0. The number of hydrogen-bond acceptors (Lipinski definition) is 4. The van der Waals surface area contributed by atoms with Crippen molar-refractivity contribution in [2.75, 3.05) is 26.2 Å². The molecule has 1 fully saturated rings. The molecule has 1 aliphatic rings. The van der Waals surface area contributed by atoms with Gasteiger partial charge in [0.25, 0.3) is 0 Å². The van der Waals surface area contributed by atoms with Crippen LogP contribution in [0.2, 0.25) is 0 Å². The maximum Gasteiger partial charge on any atom is 0.222 e. The number of pyridine rings is 1. The second-order valence-corrected chi connectivity index (χ2v) is 8.27. The fourth-order valence-electron chi connectivity index (χ4n) is 2.77. The summed E-state index contributed by atoms with van der Waals surface area (Å²) >= 11 is 5.29. The van der Waals surface area contributed by atoms with E-state index < -0.39 is 0 Å². The number of carbonyl (C=O) groups is 1. The molecule has 1 saturated heterocycles. The predicted molar refractivity (Wildman–Crippen MR) is 96.4 cm³/mol. The van der Waals surface area contributed by atoms with Crippen LogP contribution in [0.1, 0.15) is 16.9 Å². The third-order valence-electron chi connectivity index (χ3n) is 4.08. The van der Waals surface area contributed by atoms with Crippen LogP contribution in [0, 0.1) is 0 Å². The topological polar surface area (TPSA) is 36.4 Å². The first kappa shape index (κ1) is 16.6. The molecule has 122 valence electrons. The van der Waals surface area contributed by atoms with Crippen molar-refractivity contribution in [3.8, 4) is 0 Å². The van der Waals surface area contributed by atoms with Gasteiger partial charge in [-0.3, -0.25) is 14.7 Å². The van der Waals surface area contributed by atoms with Gasteiger partial charge in [-0.2, -0.15) is 0 Å². The number of rotatable bonds is 5. The number of amides is 1. The highest BCUT2D eigenvalue weighted by atomic mass is 79.9. The van der Waals surface area contributed by atoms with Crippen molar-refractivity contribution in [1.29, 1.82) is 0 Å². The van der Waals surface area contributed by atoms with Gasteiger partial charge in [-0.15, -0.1) is 11.3 Å². The summed E-state index contributed by atoms with van der Waals surface area (Å²) in [4.78, 5) is 22.2. The molecule has 0 bridgehead atoms. The van der Waals surface area contributed by atoms with Crippen molar-refractivity contribution in [2.24, 2.45) is 0 Å². The van der Waals surface area contributed by atoms with Gasteiger partial charge >= 0.3 is 0 Å². The summed E-state index contributed by atoms with van der Waals surface area (Å²) in [5.74, 6) is 0.257. The summed E-state index contributed by atoms with van der Waals surface area (Å²) in [6.07, 6.45) is 4.95. The summed E-state index contributed by atoms with van der Waals surface area (Å²) in [6, 6.07) is 8.21. The molecule has 0 unspecified atom stereocenters. The second-order valence-electron chi connectivity index (χ2n) is 5.72. The standard InChI is InChI=1S/C17H20BrN3OS/c18-16-5-4-15(23-16)13-20-8-10-21(11-9-20)17(22)6-3-14-2-1-7-19-12-14/h1-2,4-5,7,12H,3,6,8-11,13H2. The molecule has 0 aliphatic carbocycles. The number of halogens is 1. The van der Waals surface area contributed by atoms with Crippen molar-refractivity contribution in [3.05, 3.63) is 50.9 Å². The minimum atomic E-state index is 0.257. The molecule has 4 nitrogen and oxygen atoms in total. The van der Waals surface area contributed by atoms with Crippen LogP contribution >= 0.6 is 27.3 Å². The van der Waals surface area contributed by atoms with Gasteiger partial charge in [0.15, 0.2) is 0 Å². The fourth-order valence-corrected chi connectivity index (χ4v) is 4.29. The number of aryl methyl sites for hydroxylation is 1. The lowest BCUT2D eigenvalue weighted by Gasteiger charge is -2.34. The Morgan fingerprint density at radius 2 is 2.04 bits per heavy atom. The minimum absolute atomic E-state index is 0.257. The minimum Gasteiger partial charge on any atom is -0.340 e. The fraction of sp³-hybridized carbons (Fsp3) is 0.412. The lowest BCUT2D eigenvalue weighted by molar-refractivity contribution is -0.132. The third-order valence-corrected chi connectivity index (χ3v) is 5.69. The van der Waals surface area contributed by atoms with Crippen LogP contribution < -0.4 is 0 Å². The zero-order valence-corrected chi connectivity index (χ0v) is 15.4. The van der Waals surface area contributed by atoms with Crippen LogP contribution in [0.15, 0.2) is 40.4 Å². The zero-order chi connectivity index (χ0) is 16.1. The molecule has 0 spiro atoms. The molecular formula is C17H20BrN3OS. The van der Waals surface area contributed by atoms with Crippen LogP contribution in [0.5, 0.6) is 0 Å². The van der Waals surface area contributed by atoms with Crippen LogP contribution in [-0.4, -0.2) is 46.9 Å². The largest absolute Gasteiger partial charge is 0.340 e. The van der Waals surface area contributed by atoms with Gasteiger partial charge in [0, 0.05) is 56.4 Å². The molecule has 0 radical (unpaired) electrons. The van der Waals surface area contributed by atoms with Gasteiger partial charge in [-0.1, -0.05) is 6.07 Å². The smallest absolute Gasteiger partial charge is 0.222 e. The van der Waals surface area contributed by atoms with Gasteiger partial charge in [0.1, 0.15) is 0 Å². The van der Waals surface area contributed by atoms with Crippen molar-refractivity contribution in [1.82, 2.24) is 14.8 Å². The van der Waals surface area contributed by atoms with E-state index in [9.17, 15) is 4.79 Å². The normalized spacial score (nSPS) is 15.8. The van der Waals surface area contributed by atoms with E-state index in [0.717, 1.165) is 44.7 Å². The van der Waals surface area contributed by atoms with Crippen LogP contribution in [0.25, 0.3) is 0 Å². The van der Waals surface area contributed by atoms with E-state index in [0.29, 0.717) is 6.42 Å². The Hall–Kier alpha value is -1.24. The average Bonchev–Trinajstić information content (AvgIpc) is 2.99. The van der Waals surface area contributed by atoms with E-state index in [-0.39, 0.29) is 5.91 Å². The molecule has 0 atom stereocenters. The Morgan fingerprint density at radius 3 is 2.70 bits per heavy atom. The Balaban J connectivity index is 1.42. The summed E-state index contributed by atoms with van der Waals surface area (Å²) in [6.45, 7) is 4.55. The van der Waals surface area contributed by atoms with Crippen molar-refractivity contribution >= 4 is 33.2 Å². The van der Waals surface area contributed by atoms with E-state index in [1.165, 1.54) is 8.66 Å². The number of carbonyl (C=O) groups excluding carboxylic acids is 1. The molecule has 2 aromatic heterocycles. The predicted octanol–water partition coefficient (Wildman–Crippen LogP) is 3.18. The molecule has 3 rings (SSSR count). The summed E-state index contributed by atoms with van der Waals surface area (Å²) < 4.78 is 1.18. The first-order chi connectivity index (χ1) is 11.2. The number of thiophene rings is 1. The van der Waals surface area contributed by atoms with Crippen LogP contribution in [0.3, 0.4) is 0 Å². The monoisotopic (exact) mass is 393 g/mol. The molecule has 0 aromatic carbocycles. The molecular weight excluding hydrogens is 374 g/mol. The summed E-state index contributed by atoms with van der Waals surface area (Å²) in [7, 11) is 0. The SMILES string of the molecule is O=C(CCc1cccnc1)N1CCN(Cc2ccc(Br)s2)CC1. The zero-order valence-electron chi connectivity index (χ0n) is 12.9. The molecule has 1 aliphatic heterocycles. The van der Waals surface area contributed by atoms with Crippen molar-refractivity contribution < 1.29 is 4.79 Å². The van der Waals surface area contributed by atoms with E-state index in [2.05, 4.69) is 37.9 Å². The highest BCUT2D eigenvalue weighted by Crippen LogP contribution is 2.23. The Bertz CT molecular complexity index is 638. The average molecular weight is 394 g/mol. The van der Waals surface area contributed by atoms with Crippen molar-refractivity contribution in [3.63, 3.8) is 0 Å². The number of nitrogens with zero attached hydrogens (tertiary/aromatic N) is 3. The molecule has 1 amide bonds. The maximum atomic E-state index is 12.3. The van der Waals surface area contributed by atoms with E-state index in [1.54, 1.807) is 17.5 Å². The van der Waals surface area contributed by atoms with Crippen molar-refractivity contribution in [2.45, 2.75) is 19.4 Å². The van der Waals surface area contributed by atoms with Gasteiger partial charge < -0.3 is 4.90 Å². The van der Waals surface area contributed by atoms with Gasteiger partial charge in [-0.05, 0) is 46.1 Å². The first-order valence-corrected chi connectivity index (χ1v) is 9.45. The molecule has 23 heavy (non-hydrogen) atoms. The highest BCUT2D eigenvalue weighted by Gasteiger charge is 2.21. The first-order valence-electron chi connectivity index (χ1n) is 7.84. The number of piperazine rings is 1. The Morgan fingerprint density at radius 1 is 1.22 bits per heavy atom. The van der Waals surface area contributed by atoms with Crippen LogP contribution in [-0.2, 0) is 17.8 Å². The lowest BCUT2D eigenvalue weighted by Crippen LogP contribution is -2.48. The third kappa shape index (κ3) is 4.86. The second kappa shape index (κ2) is 8.04. The molecule has 0 N–H and O–H groups in total. The Kier molecular flexibility index (Phi) is 5.80. The van der Waals surface area contributed by atoms with Gasteiger partial charge in [0.05, 0.1) is 3.79 Å². The summed E-state index contributed by atoms with van der Waals surface area (Å²) in [5.41, 5.74) is 1.13. The van der Waals surface area contributed by atoms with E-state index >= 15 is 0 Å². The molecule has 2 aromatic rings.